The largest absolute Gasteiger partial charge is 0.464 e. The van der Waals surface area contributed by atoms with Crippen LogP contribution in [0.15, 0.2) is 42.6 Å². The van der Waals surface area contributed by atoms with Crippen molar-refractivity contribution < 1.29 is 18.7 Å². The minimum atomic E-state index is -1.66. The molecule has 7 nitrogen and oxygen atoms in total. The van der Waals surface area contributed by atoms with E-state index in [2.05, 4.69) is 10.3 Å². The molecule has 0 spiro atoms. The van der Waals surface area contributed by atoms with Crippen molar-refractivity contribution in [2.75, 3.05) is 36.4 Å². The Morgan fingerprint density at radius 2 is 1.93 bits per heavy atom. The van der Waals surface area contributed by atoms with Crippen LogP contribution < -0.4 is 15.0 Å². The second-order valence-electron chi connectivity index (χ2n) is 6.67. The zero-order valence-electron chi connectivity index (χ0n) is 14.8. The van der Waals surface area contributed by atoms with E-state index in [0.29, 0.717) is 43.4 Å². The van der Waals surface area contributed by atoms with E-state index in [1.165, 1.54) is 19.2 Å². The quantitative estimate of drug-likeness (QED) is 0.814. The van der Waals surface area contributed by atoms with Gasteiger partial charge in [0.15, 0.2) is 11.6 Å². The zero-order chi connectivity index (χ0) is 19.0. The molecule has 1 aromatic carbocycles. The van der Waals surface area contributed by atoms with Crippen molar-refractivity contribution in [3.8, 4) is 5.75 Å². The number of ether oxygens (including phenoxy) is 1. The third-order valence-corrected chi connectivity index (χ3v) is 4.92. The molecule has 0 saturated carbocycles. The highest BCUT2D eigenvalue weighted by Crippen LogP contribution is 2.33. The van der Waals surface area contributed by atoms with Crippen LogP contribution >= 0.6 is 0 Å². The van der Waals surface area contributed by atoms with Gasteiger partial charge in [-0.3, -0.25) is 9.59 Å². The molecule has 1 saturated heterocycles. The molecule has 1 N–H and O–H groups in total. The number of hydrogen-bond acceptors (Lipinski definition) is 5. The van der Waals surface area contributed by atoms with Gasteiger partial charge in [-0.2, -0.15) is 0 Å². The number of fused-ring (bicyclic) bond motifs is 1. The van der Waals surface area contributed by atoms with E-state index in [4.69, 9.17) is 4.74 Å². The second-order valence-corrected chi connectivity index (χ2v) is 6.67. The maximum absolute atomic E-state index is 14.0. The van der Waals surface area contributed by atoms with Crippen LogP contribution in [0.4, 0.5) is 15.9 Å². The van der Waals surface area contributed by atoms with Gasteiger partial charge in [0.2, 0.25) is 0 Å². The van der Waals surface area contributed by atoms with Gasteiger partial charge >= 0.3 is 0 Å². The normalized spacial score (nSPS) is 21.9. The highest BCUT2D eigenvalue weighted by Gasteiger charge is 2.50. The van der Waals surface area contributed by atoms with Gasteiger partial charge in [0.05, 0.1) is 5.69 Å². The van der Waals surface area contributed by atoms with Crippen LogP contribution in [-0.2, 0) is 9.59 Å². The predicted octanol–water partition coefficient (Wildman–Crippen LogP) is 1.66. The number of carbonyl (C=O) groups is 2. The Kier molecular flexibility index (Phi) is 4.18. The van der Waals surface area contributed by atoms with Crippen molar-refractivity contribution in [2.24, 2.45) is 0 Å². The lowest BCUT2D eigenvalue weighted by Crippen LogP contribution is -2.62. The molecule has 1 atom stereocenters. The Morgan fingerprint density at radius 1 is 1.19 bits per heavy atom. The number of nitrogens with one attached hydrogen (secondary N) is 1. The van der Waals surface area contributed by atoms with Gasteiger partial charge in [0.25, 0.3) is 17.4 Å². The Hall–Kier alpha value is -3.16. The fourth-order valence-corrected chi connectivity index (χ4v) is 3.36. The average molecular weight is 370 g/mol. The molecule has 1 aromatic heterocycles. The van der Waals surface area contributed by atoms with E-state index in [9.17, 15) is 14.0 Å². The summed E-state index contributed by atoms with van der Waals surface area (Å²) in [7, 11) is 0. The molecule has 1 fully saturated rings. The van der Waals surface area contributed by atoms with Gasteiger partial charge in [-0.1, -0.05) is 12.1 Å². The Balaban J connectivity index is 1.48. The Labute approximate surface area is 155 Å². The summed E-state index contributed by atoms with van der Waals surface area (Å²) in [6.07, 6.45) is 1.54. The van der Waals surface area contributed by atoms with Gasteiger partial charge in [0.1, 0.15) is 5.82 Å². The first-order valence-corrected chi connectivity index (χ1v) is 8.73. The second kappa shape index (κ2) is 6.53. The lowest BCUT2D eigenvalue weighted by molar-refractivity contribution is -0.154. The Bertz CT molecular complexity index is 898. The van der Waals surface area contributed by atoms with E-state index in [1.807, 2.05) is 4.90 Å². The van der Waals surface area contributed by atoms with Crippen molar-refractivity contribution in [1.82, 2.24) is 9.88 Å². The monoisotopic (exact) mass is 370 g/mol. The van der Waals surface area contributed by atoms with Crippen LogP contribution in [-0.4, -0.2) is 53.5 Å². The Morgan fingerprint density at radius 3 is 2.67 bits per heavy atom. The van der Waals surface area contributed by atoms with E-state index in [0.717, 1.165) is 0 Å². The molecule has 3 heterocycles. The number of para-hydroxylation sites is 1. The zero-order valence-corrected chi connectivity index (χ0v) is 14.8. The summed E-state index contributed by atoms with van der Waals surface area (Å²) in [6.45, 7) is 3.16. The number of rotatable bonds is 2. The summed E-state index contributed by atoms with van der Waals surface area (Å²) in [5.74, 6) is -0.587. The maximum Gasteiger partial charge on any atom is 0.279 e. The average Bonchev–Trinajstić information content (AvgIpc) is 2.69. The SMILES string of the molecule is C[C@@]1(C(=O)N2CCN(c3ccccc3F)CC2)Oc2cccnc2NC1=O. The number of hydrogen-bond donors (Lipinski definition) is 1. The number of halogens is 1. The first-order valence-electron chi connectivity index (χ1n) is 8.73. The van der Waals surface area contributed by atoms with Gasteiger partial charge in [-0.05, 0) is 31.2 Å². The molecule has 2 amide bonds. The van der Waals surface area contributed by atoms with E-state index < -0.39 is 17.4 Å². The highest BCUT2D eigenvalue weighted by molar-refractivity contribution is 6.15. The summed E-state index contributed by atoms with van der Waals surface area (Å²) in [5, 5.41) is 2.63. The van der Waals surface area contributed by atoms with Gasteiger partial charge in [-0.15, -0.1) is 0 Å². The molecule has 0 radical (unpaired) electrons. The standard InChI is InChI=1S/C19H19FN4O3/c1-19(17(25)22-16-15(27-19)7-4-8-21-16)18(26)24-11-9-23(10-12-24)14-6-3-2-5-13(14)20/h2-8H,9-12H2,1H3,(H,21,22,25)/t19-/m1/s1. The summed E-state index contributed by atoms with van der Waals surface area (Å²) in [4.78, 5) is 33.0. The number of anilines is 2. The van der Waals surface area contributed by atoms with Crippen LogP contribution in [0.5, 0.6) is 5.75 Å². The smallest absolute Gasteiger partial charge is 0.279 e. The molecule has 27 heavy (non-hydrogen) atoms. The maximum atomic E-state index is 14.0. The number of nitrogens with zero attached hydrogens (tertiary/aromatic N) is 3. The van der Waals surface area contributed by atoms with Crippen LogP contribution in [0.1, 0.15) is 6.92 Å². The third kappa shape index (κ3) is 2.97. The molecule has 2 aliphatic heterocycles. The molecule has 2 aliphatic rings. The number of benzene rings is 1. The van der Waals surface area contributed by atoms with Crippen molar-refractivity contribution in [3.63, 3.8) is 0 Å². The molecular formula is C19H19FN4O3. The van der Waals surface area contributed by atoms with E-state index in [-0.39, 0.29) is 5.82 Å². The summed E-state index contributed by atoms with van der Waals surface area (Å²) in [5.41, 5.74) is -1.14. The molecule has 8 heteroatoms. The van der Waals surface area contributed by atoms with Crippen molar-refractivity contribution in [3.05, 3.63) is 48.4 Å². The van der Waals surface area contributed by atoms with E-state index in [1.54, 1.807) is 35.2 Å². The van der Waals surface area contributed by atoms with Crippen LogP contribution in [0.2, 0.25) is 0 Å². The number of carbonyl (C=O) groups excluding carboxylic acids is 2. The number of piperazine rings is 1. The molecule has 4 rings (SSSR count). The lowest BCUT2D eigenvalue weighted by Gasteiger charge is -2.41. The molecule has 0 aliphatic carbocycles. The van der Waals surface area contributed by atoms with Gasteiger partial charge < -0.3 is 19.9 Å². The summed E-state index contributed by atoms with van der Waals surface area (Å²) >= 11 is 0. The number of aromatic nitrogens is 1. The molecule has 0 unspecified atom stereocenters. The number of amides is 2. The summed E-state index contributed by atoms with van der Waals surface area (Å²) in [6, 6.07) is 9.89. The highest BCUT2D eigenvalue weighted by atomic mass is 19.1. The lowest BCUT2D eigenvalue weighted by atomic mass is 10.0. The minimum absolute atomic E-state index is 0.289. The van der Waals surface area contributed by atoms with Gasteiger partial charge in [-0.25, -0.2) is 9.37 Å². The first kappa shape index (κ1) is 17.3. The van der Waals surface area contributed by atoms with Crippen molar-refractivity contribution in [1.29, 1.82) is 0 Å². The molecule has 0 bridgehead atoms. The molecule has 2 aromatic rings. The van der Waals surface area contributed by atoms with E-state index >= 15 is 0 Å². The topological polar surface area (TPSA) is 74.8 Å². The molecule has 140 valence electrons. The van der Waals surface area contributed by atoms with Crippen molar-refractivity contribution in [2.45, 2.75) is 12.5 Å². The van der Waals surface area contributed by atoms with Crippen molar-refractivity contribution >= 4 is 23.3 Å². The fraction of sp³-hybridized carbons (Fsp3) is 0.316. The van der Waals surface area contributed by atoms with Crippen LogP contribution in [0.3, 0.4) is 0 Å². The summed E-state index contributed by atoms with van der Waals surface area (Å²) < 4.78 is 19.7. The molecular weight excluding hydrogens is 351 g/mol. The fourth-order valence-electron chi connectivity index (χ4n) is 3.36. The van der Waals surface area contributed by atoms with Crippen LogP contribution in [0.25, 0.3) is 0 Å². The predicted molar refractivity (Wildman–Crippen MR) is 97.1 cm³/mol. The van der Waals surface area contributed by atoms with Gasteiger partial charge in [0, 0.05) is 32.4 Å². The first-order chi connectivity index (χ1) is 13.0. The number of pyridine rings is 1. The minimum Gasteiger partial charge on any atom is -0.464 e. The third-order valence-electron chi connectivity index (χ3n) is 4.92. The van der Waals surface area contributed by atoms with Crippen LogP contribution in [0, 0.1) is 5.82 Å².